The third-order valence-electron chi connectivity index (χ3n) is 3.01. The first-order chi connectivity index (χ1) is 6.15. The molecule has 2 saturated heterocycles. The van der Waals surface area contributed by atoms with Gasteiger partial charge in [-0.15, -0.1) is 0 Å². The van der Waals surface area contributed by atoms with Crippen LogP contribution in [0.25, 0.3) is 0 Å². The molecule has 2 aliphatic heterocycles. The molecule has 2 rings (SSSR count). The summed E-state index contributed by atoms with van der Waals surface area (Å²) in [7, 11) is 2.12. The van der Waals surface area contributed by atoms with Crippen LogP contribution in [0, 0.1) is 5.92 Å². The maximum atomic E-state index is 10.4. The van der Waals surface area contributed by atoms with Crippen molar-refractivity contribution in [2.24, 2.45) is 5.92 Å². The zero-order chi connectivity index (χ0) is 9.42. The summed E-state index contributed by atoms with van der Waals surface area (Å²) in [6.07, 6.45) is 0.346. The molecule has 0 aliphatic carbocycles. The molecule has 0 saturated carbocycles. The monoisotopic (exact) mass is 184 g/mol. The molecule has 0 aromatic heterocycles. The van der Waals surface area contributed by atoms with Gasteiger partial charge in [0.25, 0.3) is 0 Å². The Morgan fingerprint density at radius 1 is 1.38 bits per heavy atom. The molecule has 0 unspecified atom stereocenters. The van der Waals surface area contributed by atoms with Crippen LogP contribution in [0.15, 0.2) is 0 Å². The Labute approximate surface area is 78.1 Å². The largest absolute Gasteiger partial charge is 0.481 e. The predicted octanol–water partition coefficient (Wildman–Crippen LogP) is -0.293. The van der Waals surface area contributed by atoms with Crippen molar-refractivity contribution in [3.8, 4) is 0 Å². The normalized spacial score (nSPS) is 26.8. The third-order valence-corrected chi connectivity index (χ3v) is 3.01. The first-order valence-corrected chi connectivity index (χ1v) is 4.79. The third kappa shape index (κ3) is 1.84. The van der Waals surface area contributed by atoms with Gasteiger partial charge >= 0.3 is 5.97 Å². The van der Waals surface area contributed by atoms with Crippen LogP contribution < -0.4 is 0 Å². The van der Waals surface area contributed by atoms with Crippen molar-refractivity contribution in [2.75, 3.05) is 33.2 Å². The highest BCUT2D eigenvalue weighted by Crippen LogP contribution is 2.25. The zero-order valence-electron chi connectivity index (χ0n) is 7.94. The number of likely N-dealkylation sites (tertiary alicyclic amines) is 2. The average Bonchev–Trinajstić information content (AvgIpc) is 1.90. The Morgan fingerprint density at radius 2 is 2.00 bits per heavy atom. The lowest BCUT2D eigenvalue weighted by Gasteiger charge is -2.50. The van der Waals surface area contributed by atoms with Crippen molar-refractivity contribution < 1.29 is 9.90 Å². The molecule has 1 N–H and O–H groups in total. The maximum Gasteiger partial charge on any atom is 0.303 e. The van der Waals surface area contributed by atoms with Gasteiger partial charge < -0.3 is 10.0 Å². The standard InChI is InChI=1S/C9H16N2O2/c1-10-5-8(6-10)11-3-7(4-11)2-9(12)13/h7-8H,2-6H2,1H3,(H,12,13). The van der Waals surface area contributed by atoms with E-state index in [1.165, 1.54) is 0 Å². The van der Waals surface area contributed by atoms with Gasteiger partial charge in [-0.2, -0.15) is 0 Å². The van der Waals surface area contributed by atoms with E-state index in [2.05, 4.69) is 16.8 Å². The number of carboxylic acid groups (broad SMARTS) is 1. The Bertz CT molecular complexity index is 208. The molecule has 0 aromatic carbocycles. The van der Waals surface area contributed by atoms with Gasteiger partial charge in [0.2, 0.25) is 0 Å². The molecular formula is C9H16N2O2. The van der Waals surface area contributed by atoms with Crippen molar-refractivity contribution in [1.82, 2.24) is 9.80 Å². The van der Waals surface area contributed by atoms with Crippen LogP contribution in [0.3, 0.4) is 0 Å². The van der Waals surface area contributed by atoms with Crippen LogP contribution in [0.2, 0.25) is 0 Å². The number of carbonyl (C=O) groups is 1. The average molecular weight is 184 g/mol. The SMILES string of the molecule is CN1CC(N2CC(CC(=O)O)C2)C1. The van der Waals surface area contributed by atoms with Gasteiger partial charge in [-0.1, -0.05) is 0 Å². The highest BCUT2D eigenvalue weighted by molar-refractivity contribution is 5.67. The number of rotatable bonds is 3. The second-order valence-electron chi connectivity index (χ2n) is 4.29. The van der Waals surface area contributed by atoms with Crippen LogP contribution in [0.1, 0.15) is 6.42 Å². The van der Waals surface area contributed by atoms with Gasteiger partial charge in [0.05, 0.1) is 6.42 Å². The second kappa shape index (κ2) is 3.27. The minimum absolute atomic E-state index is 0.346. The fraction of sp³-hybridized carbons (Fsp3) is 0.889. The Balaban J connectivity index is 1.64. The lowest BCUT2D eigenvalue weighted by atomic mass is 9.92. The molecular weight excluding hydrogens is 168 g/mol. The van der Waals surface area contributed by atoms with E-state index < -0.39 is 5.97 Å². The molecule has 0 radical (unpaired) electrons. The summed E-state index contributed by atoms with van der Waals surface area (Å²) in [5.74, 6) is -0.251. The van der Waals surface area contributed by atoms with E-state index in [-0.39, 0.29) is 0 Å². The second-order valence-corrected chi connectivity index (χ2v) is 4.29. The van der Waals surface area contributed by atoms with Gasteiger partial charge in [0.15, 0.2) is 0 Å². The van der Waals surface area contributed by atoms with Gasteiger partial charge in [-0.3, -0.25) is 9.69 Å². The molecule has 0 amide bonds. The molecule has 2 fully saturated rings. The van der Waals surface area contributed by atoms with Crippen LogP contribution in [-0.2, 0) is 4.79 Å². The van der Waals surface area contributed by atoms with Crippen LogP contribution in [-0.4, -0.2) is 60.1 Å². The molecule has 0 aromatic rings. The first-order valence-electron chi connectivity index (χ1n) is 4.79. The van der Waals surface area contributed by atoms with Gasteiger partial charge in [-0.05, 0) is 13.0 Å². The summed E-state index contributed by atoms with van der Waals surface area (Å²) in [4.78, 5) is 15.1. The highest BCUT2D eigenvalue weighted by Gasteiger charge is 2.37. The molecule has 0 bridgehead atoms. The first kappa shape index (κ1) is 8.97. The van der Waals surface area contributed by atoms with E-state index in [1.807, 2.05) is 0 Å². The Kier molecular flexibility index (Phi) is 2.26. The van der Waals surface area contributed by atoms with Crippen molar-refractivity contribution in [1.29, 1.82) is 0 Å². The minimum atomic E-state index is -0.657. The van der Waals surface area contributed by atoms with E-state index in [0.717, 1.165) is 26.2 Å². The summed E-state index contributed by atoms with van der Waals surface area (Å²) in [5, 5.41) is 8.56. The summed E-state index contributed by atoms with van der Waals surface area (Å²) in [5.41, 5.74) is 0. The topological polar surface area (TPSA) is 43.8 Å². The Morgan fingerprint density at radius 3 is 2.46 bits per heavy atom. The summed E-state index contributed by atoms with van der Waals surface area (Å²) >= 11 is 0. The maximum absolute atomic E-state index is 10.4. The quantitative estimate of drug-likeness (QED) is 0.654. The molecule has 2 heterocycles. The molecule has 0 atom stereocenters. The van der Waals surface area contributed by atoms with Crippen LogP contribution in [0.4, 0.5) is 0 Å². The number of carboxylic acids is 1. The molecule has 2 aliphatic rings. The number of likely N-dealkylation sites (N-methyl/N-ethyl adjacent to an activating group) is 1. The van der Waals surface area contributed by atoms with Crippen molar-refractivity contribution in [3.63, 3.8) is 0 Å². The fourth-order valence-electron chi connectivity index (χ4n) is 2.18. The minimum Gasteiger partial charge on any atom is -0.481 e. The number of hydrogen-bond acceptors (Lipinski definition) is 3. The highest BCUT2D eigenvalue weighted by atomic mass is 16.4. The lowest BCUT2D eigenvalue weighted by molar-refractivity contribution is -0.140. The Hall–Kier alpha value is -0.610. The number of aliphatic carboxylic acids is 1. The number of nitrogens with zero attached hydrogens (tertiary/aromatic N) is 2. The fourth-order valence-corrected chi connectivity index (χ4v) is 2.18. The van der Waals surface area contributed by atoms with E-state index in [4.69, 9.17) is 5.11 Å². The molecule has 74 valence electrons. The lowest BCUT2D eigenvalue weighted by Crippen LogP contribution is -2.64. The molecule has 0 spiro atoms. The van der Waals surface area contributed by atoms with E-state index >= 15 is 0 Å². The van der Waals surface area contributed by atoms with Crippen molar-refractivity contribution in [3.05, 3.63) is 0 Å². The molecule has 13 heavy (non-hydrogen) atoms. The van der Waals surface area contributed by atoms with E-state index in [1.54, 1.807) is 0 Å². The molecule has 4 heteroatoms. The zero-order valence-corrected chi connectivity index (χ0v) is 7.94. The van der Waals surface area contributed by atoms with Gasteiger partial charge in [0, 0.05) is 32.2 Å². The smallest absolute Gasteiger partial charge is 0.303 e. The van der Waals surface area contributed by atoms with Crippen LogP contribution >= 0.6 is 0 Å². The predicted molar refractivity (Wildman–Crippen MR) is 48.6 cm³/mol. The van der Waals surface area contributed by atoms with Crippen LogP contribution in [0.5, 0.6) is 0 Å². The summed E-state index contributed by atoms with van der Waals surface area (Å²) in [6.45, 7) is 4.29. The van der Waals surface area contributed by atoms with Gasteiger partial charge in [0.1, 0.15) is 0 Å². The van der Waals surface area contributed by atoms with E-state index in [9.17, 15) is 4.79 Å². The summed E-state index contributed by atoms with van der Waals surface area (Å²) in [6, 6.07) is 0.704. The number of hydrogen-bond donors (Lipinski definition) is 1. The van der Waals surface area contributed by atoms with Crippen molar-refractivity contribution in [2.45, 2.75) is 12.5 Å². The van der Waals surface area contributed by atoms with E-state index in [0.29, 0.717) is 18.4 Å². The van der Waals surface area contributed by atoms with Gasteiger partial charge in [-0.25, -0.2) is 0 Å². The van der Waals surface area contributed by atoms with Crippen molar-refractivity contribution >= 4 is 5.97 Å². The molecule has 4 nitrogen and oxygen atoms in total. The summed E-state index contributed by atoms with van der Waals surface area (Å²) < 4.78 is 0.